The Morgan fingerprint density at radius 3 is 2.28 bits per heavy atom. The van der Waals surface area contributed by atoms with Crippen LogP contribution < -0.4 is 24.4 Å². The van der Waals surface area contributed by atoms with Gasteiger partial charge in [0.05, 0.1) is 27.0 Å². The van der Waals surface area contributed by atoms with Crippen LogP contribution in [-0.2, 0) is 4.79 Å². The Morgan fingerprint density at radius 2 is 1.72 bits per heavy atom. The Bertz CT molecular complexity index is 1080. The summed E-state index contributed by atoms with van der Waals surface area (Å²) in [7, 11) is 6.57. The van der Waals surface area contributed by atoms with E-state index in [1.807, 2.05) is 54.4 Å². The lowest BCUT2D eigenvalue weighted by atomic mass is 10.2. The average molecular weight is 453 g/mol. The van der Waals surface area contributed by atoms with E-state index in [0.29, 0.717) is 28.9 Å². The van der Waals surface area contributed by atoms with Crippen molar-refractivity contribution in [3.63, 3.8) is 0 Å². The number of anilines is 3. The van der Waals surface area contributed by atoms with Crippen LogP contribution >= 0.6 is 11.8 Å². The molecule has 0 aliphatic rings. The number of nitrogens with one attached hydrogen (secondary N) is 1. The highest BCUT2D eigenvalue weighted by Crippen LogP contribution is 2.41. The van der Waals surface area contributed by atoms with Gasteiger partial charge in [-0.3, -0.25) is 4.79 Å². The Morgan fingerprint density at radius 1 is 1.06 bits per heavy atom. The highest BCUT2D eigenvalue weighted by Gasteiger charge is 2.17. The van der Waals surface area contributed by atoms with Crippen LogP contribution in [0.25, 0.3) is 0 Å². The number of methoxy groups -OCH3 is 3. The molecule has 2 aromatic carbocycles. The Balaban J connectivity index is 1.81. The van der Waals surface area contributed by atoms with Gasteiger partial charge >= 0.3 is 0 Å². The van der Waals surface area contributed by atoms with Gasteiger partial charge in [-0.05, 0) is 36.4 Å². The van der Waals surface area contributed by atoms with Crippen molar-refractivity contribution in [2.24, 2.45) is 0 Å². The SMILES string of the molecule is C=CC(=O)Nc1ccc(Sc2ccnc(N(C)c3cc(OC)c(OC)c(OC)c3)n2)cc1. The molecule has 32 heavy (non-hydrogen) atoms. The third kappa shape index (κ3) is 5.30. The summed E-state index contributed by atoms with van der Waals surface area (Å²) in [5, 5.41) is 3.50. The topological polar surface area (TPSA) is 85.8 Å². The van der Waals surface area contributed by atoms with Crippen molar-refractivity contribution in [1.29, 1.82) is 0 Å². The molecular formula is C23H24N4O4S. The van der Waals surface area contributed by atoms with E-state index in [9.17, 15) is 4.79 Å². The van der Waals surface area contributed by atoms with Gasteiger partial charge in [-0.25, -0.2) is 9.97 Å². The number of carbonyl (C=O) groups is 1. The van der Waals surface area contributed by atoms with E-state index >= 15 is 0 Å². The highest BCUT2D eigenvalue weighted by molar-refractivity contribution is 7.99. The van der Waals surface area contributed by atoms with Crippen LogP contribution in [0.2, 0.25) is 0 Å². The maximum absolute atomic E-state index is 11.4. The Hall–Kier alpha value is -3.72. The van der Waals surface area contributed by atoms with E-state index in [1.165, 1.54) is 17.8 Å². The fourth-order valence-electron chi connectivity index (χ4n) is 2.85. The molecule has 3 rings (SSSR count). The summed E-state index contributed by atoms with van der Waals surface area (Å²) in [5.41, 5.74) is 1.48. The van der Waals surface area contributed by atoms with Crippen LogP contribution in [0.15, 0.2) is 71.2 Å². The number of amides is 1. The zero-order valence-corrected chi connectivity index (χ0v) is 19.1. The molecule has 166 valence electrons. The van der Waals surface area contributed by atoms with Gasteiger partial charge in [-0.1, -0.05) is 18.3 Å². The van der Waals surface area contributed by atoms with Crippen LogP contribution in [0.3, 0.4) is 0 Å². The number of aromatic nitrogens is 2. The zero-order chi connectivity index (χ0) is 23.1. The molecule has 0 saturated heterocycles. The van der Waals surface area contributed by atoms with Crippen LogP contribution in [0.1, 0.15) is 0 Å². The van der Waals surface area contributed by atoms with Crippen LogP contribution in [0.4, 0.5) is 17.3 Å². The molecule has 9 heteroatoms. The summed E-state index contributed by atoms with van der Waals surface area (Å²) in [5.74, 6) is 1.87. The minimum atomic E-state index is -0.249. The Kier molecular flexibility index (Phi) is 7.56. The molecule has 1 heterocycles. The fraction of sp³-hybridized carbons (Fsp3) is 0.174. The third-order valence-corrected chi connectivity index (χ3v) is 5.43. The van der Waals surface area contributed by atoms with E-state index in [0.717, 1.165) is 15.6 Å². The molecule has 0 fully saturated rings. The molecule has 8 nitrogen and oxygen atoms in total. The predicted octanol–water partition coefficient (Wildman–Crippen LogP) is 4.55. The first-order chi connectivity index (χ1) is 15.5. The molecule has 3 aromatic rings. The standard InChI is InChI=1S/C23H24N4O4S/c1-6-20(28)25-15-7-9-17(10-8-15)32-21-11-12-24-23(26-21)27(2)16-13-18(29-3)22(31-5)19(14-16)30-4/h6-14H,1H2,2-5H3,(H,25,28). The molecular weight excluding hydrogens is 428 g/mol. The largest absolute Gasteiger partial charge is 0.493 e. The first-order valence-electron chi connectivity index (χ1n) is 9.57. The molecule has 0 spiro atoms. The predicted molar refractivity (Wildman–Crippen MR) is 126 cm³/mol. The van der Waals surface area contributed by atoms with E-state index in [1.54, 1.807) is 27.5 Å². The van der Waals surface area contributed by atoms with Crippen molar-refractivity contribution in [3.8, 4) is 17.2 Å². The van der Waals surface area contributed by atoms with Crippen LogP contribution in [0, 0.1) is 0 Å². The lowest BCUT2D eigenvalue weighted by Crippen LogP contribution is -2.13. The third-order valence-electron chi connectivity index (χ3n) is 4.48. The van der Waals surface area contributed by atoms with Crippen molar-refractivity contribution >= 4 is 35.0 Å². The van der Waals surface area contributed by atoms with E-state index in [4.69, 9.17) is 14.2 Å². The van der Waals surface area contributed by atoms with Crippen molar-refractivity contribution in [2.75, 3.05) is 38.6 Å². The molecule has 0 unspecified atom stereocenters. The summed E-state index contributed by atoms with van der Waals surface area (Å²) in [6, 6.07) is 13.0. The average Bonchev–Trinajstić information content (AvgIpc) is 2.83. The number of rotatable bonds is 9. The zero-order valence-electron chi connectivity index (χ0n) is 18.3. The van der Waals surface area contributed by atoms with Crippen molar-refractivity contribution < 1.29 is 19.0 Å². The van der Waals surface area contributed by atoms with Gasteiger partial charge < -0.3 is 24.4 Å². The lowest BCUT2D eigenvalue weighted by molar-refractivity contribution is -0.111. The van der Waals surface area contributed by atoms with Gasteiger partial charge in [0, 0.05) is 36.0 Å². The smallest absolute Gasteiger partial charge is 0.247 e. The lowest BCUT2D eigenvalue weighted by Gasteiger charge is -2.21. The highest BCUT2D eigenvalue weighted by atomic mass is 32.2. The monoisotopic (exact) mass is 452 g/mol. The molecule has 0 aliphatic carbocycles. The van der Waals surface area contributed by atoms with E-state index < -0.39 is 0 Å². The summed E-state index contributed by atoms with van der Waals surface area (Å²) in [6.07, 6.45) is 2.94. The number of benzene rings is 2. The molecule has 0 bridgehead atoms. The summed E-state index contributed by atoms with van der Waals surface area (Å²) in [6.45, 7) is 3.45. The second kappa shape index (κ2) is 10.5. The van der Waals surface area contributed by atoms with Gasteiger partial charge in [0.1, 0.15) is 5.03 Å². The minimum absolute atomic E-state index is 0.249. The number of ether oxygens (including phenoxy) is 3. The number of hydrogen-bond donors (Lipinski definition) is 1. The number of carbonyl (C=O) groups excluding carboxylic acids is 1. The molecule has 0 atom stereocenters. The number of hydrogen-bond acceptors (Lipinski definition) is 8. The molecule has 0 aliphatic heterocycles. The Labute approximate surface area is 191 Å². The minimum Gasteiger partial charge on any atom is -0.493 e. The second-order valence-corrected chi connectivity index (χ2v) is 7.55. The normalized spacial score (nSPS) is 10.2. The fourth-order valence-corrected chi connectivity index (χ4v) is 3.62. The van der Waals surface area contributed by atoms with E-state index in [-0.39, 0.29) is 5.91 Å². The van der Waals surface area contributed by atoms with Crippen molar-refractivity contribution in [3.05, 3.63) is 61.3 Å². The van der Waals surface area contributed by atoms with Gasteiger partial charge in [-0.15, -0.1) is 0 Å². The molecule has 1 N–H and O–H groups in total. The maximum Gasteiger partial charge on any atom is 0.247 e. The van der Waals surface area contributed by atoms with Gasteiger partial charge in [0.2, 0.25) is 17.6 Å². The van der Waals surface area contributed by atoms with E-state index in [2.05, 4.69) is 21.9 Å². The molecule has 0 radical (unpaired) electrons. The van der Waals surface area contributed by atoms with Crippen LogP contribution in [0.5, 0.6) is 17.2 Å². The first-order valence-corrected chi connectivity index (χ1v) is 10.4. The summed E-state index contributed by atoms with van der Waals surface area (Å²) in [4.78, 5) is 23.3. The quantitative estimate of drug-likeness (QED) is 0.374. The van der Waals surface area contributed by atoms with Gasteiger partial charge in [-0.2, -0.15) is 0 Å². The van der Waals surface area contributed by atoms with Crippen LogP contribution in [-0.4, -0.2) is 44.3 Å². The summed E-state index contributed by atoms with van der Waals surface area (Å²) < 4.78 is 16.3. The molecule has 1 aromatic heterocycles. The molecule has 0 saturated carbocycles. The second-order valence-electron chi connectivity index (χ2n) is 6.46. The van der Waals surface area contributed by atoms with Crippen molar-refractivity contribution in [1.82, 2.24) is 9.97 Å². The molecule has 1 amide bonds. The summed E-state index contributed by atoms with van der Waals surface area (Å²) >= 11 is 1.49. The van der Waals surface area contributed by atoms with Gasteiger partial charge in [0.15, 0.2) is 11.5 Å². The van der Waals surface area contributed by atoms with Gasteiger partial charge in [0.25, 0.3) is 0 Å². The maximum atomic E-state index is 11.4. The van der Waals surface area contributed by atoms with Crippen molar-refractivity contribution in [2.45, 2.75) is 9.92 Å². The number of nitrogens with zero attached hydrogens (tertiary/aromatic N) is 3. The first kappa shape index (κ1) is 23.0.